The van der Waals surface area contributed by atoms with Crippen LogP contribution in [-0.2, 0) is 9.59 Å². The molecule has 1 aliphatic carbocycles. The van der Waals surface area contributed by atoms with Crippen molar-refractivity contribution in [3.05, 3.63) is 18.2 Å². The first-order valence-corrected chi connectivity index (χ1v) is 6.27. The maximum Gasteiger partial charge on any atom is 0.227 e. The van der Waals surface area contributed by atoms with E-state index in [1.54, 1.807) is 18.2 Å². The smallest absolute Gasteiger partial charge is 0.227 e. The van der Waals surface area contributed by atoms with Gasteiger partial charge in [0.2, 0.25) is 11.8 Å². The van der Waals surface area contributed by atoms with E-state index in [4.69, 9.17) is 4.74 Å². The van der Waals surface area contributed by atoms with Gasteiger partial charge in [-0.25, -0.2) is 0 Å². The third-order valence-electron chi connectivity index (χ3n) is 3.23. The van der Waals surface area contributed by atoms with Crippen LogP contribution >= 0.6 is 0 Å². The summed E-state index contributed by atoms with van der Waals surface area (Å²) in [5.41, 5.74) is 1.27. The lowest BCUT2D eigenvalue weighted by molar-refractivity contribution is -0.117. The van der Waals surface area contributed by atoms with Gasteiger partial charge in [-0.05, 0) is 24.5 Å². The summed E-state index contributed by atoms with van der Waals surface area (Å²) in [5.74, 6) is 1.00. The van der Waals surface area contributed by atoms with Gasteiger partial charge in [-0.1, -0.05) is 6.92 Å². The van der Waals surface area contributed by atoms with E-state index in [0.29, 0.717) is 23.0 Å². The highest BCUT2D eigenvalue weighted by molar-refractivity contribution is 5.96. The second-order valence-electron chi connectivity index (χ2n) is 4.90. The largest absolute Gasteiger partial charge is 0.494 e. The van der Waals surface area contributed by atoms with Crippen LogP contribution < -0.4 is 15.4 Å². The Labute approximate surface area is 112 Å². The molecule has 0 heterocycles. The van der Waals surface area contributed by atoms with Crippen molar-refractivity contribution >= 4 is 23.2 Å². The summed E-state index contributed by atoms with van der Waals surface area (Å²) < 4.78 is 5.20. The molecule has 2 amide bonds. The fraction of sp³-hybridized carbons (Fsp3) is 0.429. The minimum Gasteiger partial charge on any atom is -0.494 e. The van der Waals surface area contributed by atoms with Gasteiger partial charge in [0.1, 0.15) is 5.75 Å². The number of rotatable bonds is 4. The Morgan fingerprint density at radius 2 is 2.00 bits per heavy atom. The van der Waals surface area contributed by atoms with Crippen LogP contribution in [0.4, 0.5) is 11.4 Å². The third-order valence-corrected chi connectivity index (χ3v) is 3.23. The number of hydrogen-bond acceptors (Lipinski definition) is 3. The monoisotopic (exact) mass is 262 g/mol. The molecule has 1 saturated carbocycles. The van der Waals surface area contributed by atoms with Crippen molar-refractivity contribution in [2.45, 2.75) is 20.3 Å². The first kappa shape index (κ1) is 13.4. The number of nitrogens with one attached hydrogen (secondary N) is 2. The first-order chi connectivity index (χ1) is 9.01. The third kappa shape index (κ3) is 3.24. The van der Waals surface area contributed by atoms with E-state index >= 15 is 0 Å². The summed E-state index contributed by atoms with van der Waals surface area (Å²) in [6.45, 7) is 3.49. The molecule has 1 aromatic carbocycles. The van der Waals surface area contributed by atoms with Gasteiger partial charge in [-0.2, -0.15) is 0 Å². The lowest BCUT2D eigenvalue weighted by Crippen LogP contribution is -2.14. The molecule has 0 aromatic heterocycles. The van der Waals surface area contributed by atoms with Crippen LogP contribution in [0.1, 0.15) is 20.3 Å². The number of hydrogen-bond donors (Lipinski definition) is 2. The second kappa shape index (κ2) is 5.30. The average Bonchev–Trinajstić information content (AvgIpc) is 3.08. The number of methoxy groups -OCH3 is 1. The molecular formula is C14H18N2O3. The quantitative estimate of drug-likeness (QED) is 0.874. The normalized spacial score (nSPS) is 20.6. The van der Waals surface area contributed by atoms with E-state index in [-0.39, 0.29) is 17.7 Å². The highest BCUT2D eigenvalue weighted by Crippen LogP contribution is 2.38. The topological polar surface area (TPSA) is 67.4 Å². The fourth-order valence-corrected chi connectivity index (χ4v) is 1.98. The summed E-state index contributed by atoms with van der Waals surface area (Å²) in [6.07, 6.45) is 0.951. The van der Waals surface area contributed by atoms with Gasteiger partial charge < -0.3 is 15.4 Å². The molecule has 0 aliphatic heterocycles. The predicted molar refractivity (Wildman–Crippen MR) is 73.2 cm³/mol. The molecule has 2 unspecified atom stereocenters. The molecule has 5 heteroatoms. The van der Waals surface area contributed by atoms with Crippen molar-refractivity contribution in [1.29, 1.82) is 0 Å². The Morgan fingerprint density at radius 3 is 2.53 bits per heavy atom. The number of carbonyl (C=O) groups excluding carboxylic acids is 2. The average molecular weight is 262 g/mol. The Bertz CT molecular complexity index is 513. The number of carbonyl (C=O) groups is 2. The molecule has 2 N–H and O–H groups in total. The van der Waals surface area contributed by atoms with Gasteiger partial charge in [0.05, 0.1) is 12.8 Å². The van der Waals surface area contributed by atoms with Crippen molar-refractivity contribution in [1.82, 2.24) is 0 Å². The summed E-state index contributed by atoms with van der Waals surface area (Å²) >= 11 is 0. The van der Waals surface area contributed by atoms with Crippen molar-refractivity contribution < 1.29 is 14.3 Å². The highest BCUT2D eigenvalue weighted by Gasteiger charge is 2.39. The predicted octanol–water partition coefficient (Wildman–Crippen LogP) is 2.25. The first-order valence-electron chi connectivity index (χ1n) is 6.27. The van der Waals surface area contributed by atoms with Crippen LogP contribution in [0.25, 0.3) is 0 Å². The zero-order valence-corrected chi connectivity index (χ0v) is 11.3. The number of ether oxygens (including phenoxy) is 1. The zero-order valence-electron chi connectivity index (χ0n) is 11.3. The van der Waals surface area contributed by atoms with Gasteiger partial charge in [-0.3, -0.25) is 9.59 Å². The van der Waals surface area contributed by atoms with Crippen molar-refractivity contribution in [2.75, 3.05) is 17.7 Å². The summed E-state index contributed by atoms with van der Waals surface area (Å²) in [4.78, 5) is 22.9. The standard InChI is InChI=1S/C14H18N2O3/c1-8-6-11(8)14(18)16-10-4-5-12(15-9(2)17)13(7-10)19-3/h4-5,7-8,11H,6H2,1-3H3,(H,15,17)(H,16,18). The molecule has 19 heavy (non-hydrogen) atoms. The summed E-state index contributed by atoms with van der Waals surface area (Å²) in [6, 6.07) is 5.17. The molecule has 0 spiro atoms. The van der Waals surface area contributed by atoms with Gasteiger partial charge in [0, 0.05) is 24.6 Å². The van der Waals surface area contributed by atoms with Gasteiger partial charge in [0.15, 0.2) is 0 Å². The van der Waals surface area contributed by atoms with E-state index < -0.39 is 0 Å². The minimum atomic E-state index is -0.165. The lowest BCUT2D eigenvalue weighted by atomic mass is 10.2. The van der Waals surface area contributed by atoms with E-state index in [9.17, 15) is 9.59 Å². The number of benzene rings is 1. The van der Waals surface area contributed by atoms with Gasteiger partial charge in [0.25, 0.3) is 0 Å². The second-order valence-corrected chi connectivity index (χ2v) is 4.90. The molecule has 1 aliphatic rings. The van der Waals surface area contributed by atoms with Crippen molar-refractivity contribution in [3.63, 3.8) is 0 Å². The Hall–Kier alpha value is -2.04. The van der Waals surface area contributed by atoms with Crippen molar-refractivity contribution in [2.24, 2.45) is 11.8 Å². The molecule has 1 aromatic rings. The van der Waals surface area contributed by atoms with Crippen LogP contribution in [0.3, 0.4) is 0 Å². The molecule has 2 rings (SSSR count). The SMILES string of the molecule is COc1cc(NC(=O)C2CC2C)ccc1NC(C)=O. The molecule has 102 valence electrons. The van der Waals surface area contributed by atoms with Crippen LogP contribution in [0.15, 0.2) is 18.2 Å². The highest BCUT2D eigenvalue weighted by atomic mass is 16.5. The van der Waals surface area contributed by atoms with Gasteiger partial charge in [-0.15, -0.1) is 0 Å². The Kier molecular flexibility index (Phi) is 3.74. The molecule has 2 atom stereocenters. The molecule has 1 fully saturated rings. The van der Waals surface area contributed by atoms with Crippen molar-refractivity contribution in [3.8, 4) is 5.75 Å². The molecule has 5 nitrogen and oxygen atoms in total. The molecule has 0 radical (unpaired) electrons. The Morgan fingerprint density at radius 1 is 1.32 bits per heavy atom. The lowest BCUT2D eigenvalue weighted by Gasteiger charge is -2.11. The van der Waals surface area contributed by atoms with Crippen LogP contribution in [0.5, 0.6) is 5.75 Å². The number of amides is 2. The van der Waals surface area contributed by atoms with Crippen LogP contribution in [-0.4, -0.2) is 18.9 Å². The minimum absolute atomic E-state index is 0.0434. The van der Waals surface area contributed by atoms with Gasteiger partial charge >= 0.3 is 0 Å². The molecule has 0 bridgehead atoms. The van der Waals surface area contributed by atoms with Crippen LogP contribution in [0.2, 0.25) is 0 Å². The molecular weight excluding hydrogens is 244 g/mol. The Balaban J connectivity index is 2.10. The number of anilines is 2. The maximum atomic E-state index is 11.8. The van der Waals surface area contributed by atoms with E-state index in [2.05, 4.69) is 17.6 Å². The molecule has 0 saturated heterocycles. The fourth-order valence-electron chi connectivity index (χ4n) is 1.98. The summed E-state index contributed by atoms with van der Waals surface area (Å²) in [7, 11) is 1.52. The van der Waals surface area contributed by atoms with E-state index in [1.807, 2.05) is 0 Å². The van der Waals surface area contributed by atoms with E-state index in [1.165, 1.54) is 14.0 Å². The van der Waals surface area contributed by atoms with E-state index in [0.717, 1.165) is 6.42 Å². The maximum absolute atomic E-state index is 11.8. The van der Waals surface area contributed by atoms with Crippen LogP contribution in [0, 0.1) is 11.8 Å². The summed E-state index contributed by atoms with van der Waals surface area (Å²) in [5, 5.41) is 5.53. The zero-order chi connectivity index (χ0) is 14.0.